The number of amides is 2. The van der Waals surface area contributed by atoms with Gasteiger partial charge in [-0.05, 0) is 24.3 Å². The first kappa shape index (κ1) is 18.8. The van der Waals surface area contributed by atoms with E-state index in [1.165, 1.54) is 19.0 Å². The molecule has 5 nitrogen and oxygen atoms in total. The predicted molar refractivity (Wildman–Crippen MR) is 97.6 cm³/mol. The molecule has 1 N–H and O–H groups in total. The van der Waals surface area contributed by atoms with Gasteiger partial charge in [-0.2, -0.15) is 0 Å². The second-order valence-electron chi connectivity index (χ2n) is 4.96. The number of carbonyl (C=O) groups excluding carboxylic acids is 1. The Morgan fingerprint density at radius 3 is 2.46 bits per heavy atom. The molecule has 0 aromatic heterocycles. The highest BCUT2D eigenvalue weighted by atomic mass is 35.5. The SMILES string of the molecule is CNC(=O)N(C)C(O[PH](=O)c1ccccc1)c1ccc(Cl)cc1Cl. The Labute approximate surface area is 151 Å². The number of carbonyl (C=O) groups is 1. The van der Waals surface area contributed by atoms with Crippen LogP contribution in [0.1, 0.15) is 11.8 Å². The summed E-state index contributed by atoms with van der Waals surface area (Å²) in [6.07, 6.45) is -0.915. The number of rotatable bonds is 5. The fraction of sp³-hybridized carbons (Fsp3) is 0.188. The standard InChI is InChI=1S/C16H17Cl2N2O3P/c1-19-16(21)20(2)15(13-9-8-11(17)10-14(13)18)23-24(22)12-6-4-3-5-7-12/h3-10,15,24H,1-2H3,(H,19,21). The molecule has 0 fully saturated rings. The maximum Gasteiger partial charge on any atom is 0.319 e. The summed E-state index contributed by atoms with van der Waals surface area (Å²) in [6.45, 7) is 0. The number of nitrogens with zero attached hydrogens (tertiary/aromatic N) is 1. The normalized spacial score (nSPS) is 13.2. The summed E-state index contributed by atoms with van der Waals surface area (Å²) >= 11 is 12.2. The Bertz CT molecular complexity index is 743. The molecule has 0 heterocycles. The second-order valence-corrected chi connectivity index (χ2v) is 7.19. The molecule has 2 aromatic rings. The van der Waals surface area contributed by atoms with Gasteiger partial charge in [0.2, 0.25) is 8.03 Å². The molecular formula is C16H17Cl2N2O3P. The molecule has 0 aliphatic rings. The number of nitrogens with one attached hydrogen (secondary N) is 1. The van der Waals surface area contributed by atoms with E-state index in [0.29, 0.717) is 20.9 Å². The van der Waals surface area contributed by atoms with Gasteiger partial charge in [0.05, 0.1) is 0 Å². The van der Waals surface area contributed by atoms with Crippen LogP contribution in [0.3, 0.4) is 0 Å². The first-order valence-electron chi connectivity index (χ1n) is 7.09. The van der Waals surface area contributed by atoms with E-state index in [4.69, 9.17) is 27.7 Å². The van der Waals surface area contributed by atoms with Crippen LogP contribution in [0.15, 0.2) is 48.5 Å². The van der Waals surface area contributed by atoms with Crippen LogP contribution in [0.4, 0.5) is 4.79 Å². The molecule has 2 rings (SSSR count). The van der Waals surface area contributed by atoms with Crippen LogP contribution in [-0.4, -0.2) is 25.0 Å². The van der Waals surface area contributed by atoms with E-state index in [1.807, 2.05) is 6.07 Å². The zero-order valence-electron chi connectivity index (χ0n) is 13.1. The monoisotopic (exact) mass is 386 g/mol. The van der Waals surface area contributed by atoms with Crippen molar-refractivity contribution in [2.75, 3.05) is 14.1 Å². The average molecular weight is 387 g/mol. The number of hydrogen-bond acceptors (Lipinski definition) is 3. The van der Waals surface area contributed by atoms with Gasteiger partial charge < -0.3 is 5.32 Å². The van der Waals surface area contributed by atoms with Gasteiger partial charge in [0.25, 0.3) is 0 Å². The van der Waals surface area contributed by atoms with Crippen LogP contribution in [0, 0.1) is 0 Å². The van der Waals surface area contributed by atoms with Crippen molar-refractivity contribution in [3.05, 3.63) is 64.1 Å². The molecule has 2 atom stereocenters. The largest absolute Gasteiger partial charge is 0.341 e. The topological polar surface area (TPSA) is 58.6 Å². The first-order chi connectivity index (χ1) is 11.4. The van der Waals surface area contributed by atoms with Crippen molar-refractivity contribution in [2.45, 2.75) is 6.23 Å². The molecule has 2 unspecified atom stereocenters. The smallest absolute Gasteiger partial charge is 0.319 e. The van der Waals surface area contributed by atoms with Gasteiger partial charge in [0, 0.05) is 35.0 Å². The minimum atomic E-state index is -2.59. The lowest BCUT2D eigenvalue weighted by Gasteiger charge is -2.28. The van der Waals surface area contributed by atoms with Crippen LogP contribution in [-0.2, 0) is 9.09 Å². The summed E-state index contributed by atoms with van der Waals surface area (Å²) in [5.74, 6) is 0. The maximum absolute atomic E-state index is 12.6. The lowest BCUT2D eigenvalue weighted by atomic mass is 10.2. The molecule has 0 saturated heterocycles. The van der Waals surface area contributed by atoms with Crippen LogP contribution < -0.4 is 10.6 Å². The van der Waals surface area contributed by atoms with E-state index in [1.54, 1.807) is 42.5 Å². The van der Waals surface area contributed by atoms with E-state index < -0.39 is 20.3 Å². The van der Waals surface area contributed by atoms with Crippen molar-refractivity contribution < 1.29 is 13.9 Å². The second kappa shape index (κ2) is 8.54. The van der Waals surface area contributed by atoms with Gasteiger partial charge in [-0.15, -0.1) is 0 Å². The summed E-state index contributed by atoms with van der Waals surface area (Å²) in [4.78, 5) is 13.3. The van der Waals surface area contributed by atoms with Crippen molar-refractivity contribution in [3.63, 3.8) is 0 Å². The first-order valence-corrected chi connectivity index (χ1v) is 9.16. The molecule has 0 spiro atoms. The predicted octanol–water partition coefficient (Wildman–Crippen LogP) is 4.08. The average Bonchev–Trinajstić information content (AvgIpc) is 2.59. The zero-order chi connectivity index (χ0) is 17.7. The third kappa shape index (κ3) is 4.52. The van der Waals surface area contributed by atoms with E-state index in [0.717, 1.165) is 0 Å². The molecule has 0 saturated carbocycles. The van der Waals surface area contributed by atoms with Gasteiger partial charge in [0.1, 0.15) is 0 Å². The third-order valence-electron chi connectivity index (χ3n) is 3.34. The van der Waals surface area contributed by atoms with Crippen LogP contribution in [0.2, 0.25) is 10.0 Å². The molecule has 0 aliphatic heterocycles. The van der Waals surface area contributed by atoms with Crippen molar-refractivity contribution in [1.82, 2.24) is 10.2 Å². The highest BCUT2D eigenvalue weighted by molar-refractivity contribution is 7.48. The molecule has 0 aliphatic carbocycles. The Balaban J connectivity index is 2.36. The Morgan fingerprint density at radius 1 is 1.21 bits per heavy atom. The van der Waals surface area contributed by atoms with Gasteiger partial charge in [-0.1, -0.05) is 47.5 Å². The molecular weight excluding hydrogens is 370 g/mol. The van der Waals surface area contributed by atoms with Gasteiger partial charge in [-0.25, -0.2) is 4.79 Å². The fourth-order valence-corrected chi connectivity index (χ4v) is 3.67. The number of halogens is 2. The Kier molecular flexibility index (Phi) is 6.69. The highest BCUT2D eigenvalue weighted by Crippen LogP contribution is 2.37. The number of benzene rings is 2. The zero-order valence-corrected chi connectivity index (χ0v) is 15.6. The molecule has 8 heteroatoms. The van der Waals surface area contributed by atoms with Crippen molar-refractivity contribution in [2.24, 2.45) is 0 Å². The molecule has 0 radical (unpaired) electrons. The summed E-state index contributed by atoms with van der Waals surface area (Å²) in [6, 6.07) is 13.2. The molecule has 128 valence electrons. The number of urea groups is 1. The lowest BCUT2D eigenvalue weighted by molar-refractivity contribution is 0.0774. The minimum Gasteiger partial charge on any atom is -0.341 e. The lowest BCUT2D eigenvalue weighted by Crippen LogP contribution is -2.38. The van der Waals surface area contributed by atoms with Crippen LogP contribution in [0.5, 0.6) is 0 Å². The van der Waals surface area contributed by atoms with Crippen LogP contribution >= 0.6 is 31.2 Å². The van der Waals surface area contributed by atoms with E-state index in [2.05, 4.69) is 5.32 Å². The van der Waals surface area contributed by atoms with Gasteiger partial charge in [0.15, 0.2) is 6.23 Å². The van der Waals surface area contributed by atoms with E-state index in [9.17, 15) is 9.36 Å². The van der Waals surface area contributed by atoms with Crippen LogP contribution in [0.25, 0.3) is 0 Å². The Morgan fingerprint density at radius 2 is 1.88 bits per heavy atom. The molecule has 0 bridgehead atoms. The molecule has 2 amide bonds. The summed E-state index contributed by atoms with van der Waals surface area (Å²) in [5.41, 5.74) is 0.501. The summed E-state index contributed by atoms with van der Waals surface area (Å²) in [5, 5.41) is 3.85. The summed E-state index contributed by atoms with van der Waals surface area (Å²) in [7, 11) is 0.447. The highest BCUT2D eigenvalue weighted by Gasteiger charge is 2.26. The Hall–Kier alpha value is -1.52. The van der Waals surface area contributed by atoms with Crippen molar-refractivity contribution in [3.8, 4) is 0 Å². The van der Waals surface area contributed by atoms with Gasteiger partial charge in [-0.3, -0.25) is 14.0 Å². The van der Waals surface area contributed by atoms with Gasteiger partial charge >= 0.3 is 6.03 Å². The minimum absolute atomic E-state index is 0.325. The summed E-state index contributed by atoms with van der Waals surface area (Å²) < 4.78 is 18.3. The van der Waals surface area contributed by atoms with E-state index in [-0.39, 0.29) is 0 Å². The quantitative estimate of drug-likeness (QED) is 0.621. The maximum atomic E-state index is 12.6. The van der Waals surface area contributed by atoms with Crippen molar-refractivity contribution in [1.29, 1.82) is 0 Å². The van der Waals surface area contributed by atoms with E-state index >= 15 is 0 Å². The van der Waals surface area contributed by atoms with Crippen molar-refractivity contribution >= 4 is 42.6 Å². The third-order valence-corrected chi connectivity index (χ3v) is 5.15. The molecule has 24 heavy (non-hydrogen) atoms. The number of hydrogen-bond donors (Lipinski definition) is 1. The molecule has 2 aromatic carbocycles. The fourth-order valence-electron chi connectivity index (χ4n) is 2.08.